The maximum atomic E-state index is 10.8. The van der Waals surface area contributed by atoms with E-state index < -0.39 is 0 Å². The zero-order valence-corrected chi connectivity index (χ0v) is 31.3. The molecule has 1 aliphatic rings. The van der Waals surface area contributed by atoms with Crippen LogP contribution < -0.4 is 24.8 Å². The van der Waals surface area contributed by atoms with Crippen molar-refractivity contribution >= 4 is 12.4 Å². The minimum absolute atomic E-state index is 0. The summed E-state index contributed by atoms with van der Waals surface area (Å²) in [5.74, 6) is 0.568. The molecule has 0 amide bonds. The van der Waals surface area contributed by atoms with Crippen molar-refractivity contribution in [1.82, 2.24) is 0 Å². The number of benzene rings is 2. The topological polar surface area (TPSA) is 75.1 Å². The van der Waals surface area contributed by atoms with Crippen molar-refractivity contribution in [2.75, 3.05) is 0 Å². The number of hydrogen-bond donors (Lipinski definition) is 2. The second-order valence-corrected chi connectivity index (χ2v) is 15.6. The average molecular weight is 671 g/mol. The Balaban J connectivity index is 0. The Hall–Kier alpha value is -1.51. The van der Waals surface area contributed by atoms with Crippen molar-refractivity contribution < 1.29 is 52.4 Å². The van der Waals surface area contributed by atoms with E-state index in [4.69, 9.17) is 4.99 Å². The van der Waals surface area contributed by atoms with Crippen LogP contribution in [0, 0.1) is 0 Å². The minimum Gasteiger partial charge on any atom is -1.00 e. The third-order valence-corrected chi connectivity index (χ3v) is 7.77. The summed E-state index contributed by atoms with van der Waals surface area (Å²) >= 11 is 0. The van der Waals surface area contributed by atoms with Crippen LogP contribution in [-0.2, 0) is 39.0 Å². The van der Waals surface area contributed by atoms with Crippen LogP contribution in [0.25, 0.3) is 5.41 Å². The molecule has 3 rings (SSSR count). The van der Waals surface area contributed by atoms with E-state index in [0.717, 1.165) is 28.5 Å². The third kappa shape index (κ3) is 12.4. The van der Waals surface area contributed by atoms with Gasteiger partial charge in [0.15, 0.2) is 0 Å². The number of rotatable bonds is 3. The summed E-state index contributed by atoms with van der Waals surface area (Å²) in [6.45, 7) is 25.6. The van der Waals surface area contributed by atoms with Crippen LogP contribution >= 0.6 is 0 Å². The standard InChI is InChI=1S/C21H33NO.C15H22NO.2ClH.Cr/c1-20(2,3)16-12-15(14-22-17-10-8-7-9-11-17)19(23)18(13-16)21(4,5)6;1-14(2,3)11-7-10(9-16)13(17)12(8-11)15(4,5)6;;;/h12-14,17,23H,7-11H2,1-6H3;7-9,17H,1-6H3;2*1H;/q;-1;;;+3/p-2. The van der Waals surface area contributed by atoms with E-state index in [-0.39, 0.29) is 69.6 Å². The van der Waals surface area contributed by atoms with Crippen LogP contribution in [-0.4, -0.2) is 28.7 Å². The largest absolute Gasteiger partial charge is 3.00 e. The van der Waals surface area contributed by atoms with E-state index >= 15 is 0 Å². The summed E-state index contributed by atoms with van der Waals surface area (Å²) in [7, 11) is 0. The molecule has 0 atom stereocenters. The second-order valence-electron chi connectivity index (χ2n) is 15.6. The molecule has 43 heavy (non-hydrogen) atoms. The van der Waals surface area contributed by atoms with Crippen LogP contribution in [0.3, 0.4) is 0 Å². The van der Waals surface area contributed by atoms with Gasteiger partial charge in [-0.25, -0.2) is 0 Å². The first kappa shape index (κ1) is 43.6. The molecular weight excluding hydrogens is 615 g/mol. The van der Waals surface area contributed by atoms with Gasteiger partial charge in [0.05, 0.1) is 0 Å². The van der Waals surface area contributed by atoms with Gasteiger partial charge in [0, 0.05) is 28.9 Å². The predicted octanol–water partition coefficient (Wildman–Crippen LogP) is 3.72. The number of aliphatic imine (C=N–C) groups is 1. The molecule has 0 aromatic heterocycles. The maximum absolute atomic E-state index is 10.8. The van der Waals surface area contributed by atoms with Gasteiger partial charge in [-0.2, -0.15) is 6.21 Å². The van der Waals surface area contributed by atoms with Gasteiger partial charge in [-0.05, 0) is 63.3 Å². The van der Waals surface area contributed by atoms with Crippen LogP contribution in [0.5, 0.6) is 11.5 Å². The van der Waals surface area contributed by atoms with E-state index in [1.165, 1.54) is 37.7 Å². The normalized spacial score (nSPS) is 14.5. The van der Waals surface area contributed by atoms with E-state index in [1.807, 2.05) is 18.3 Å². The molecule has 1 fully saturated rings. The SMILES string of the molecule is CC(C)(C)c1cc(C=NC2CCCCC2)c(O)c(C(C)(C)C)c1.CC(C)(C)c1cc(C=[N-])c(O)c(C(C)(C)C)c1.[Cl-].[Cl-].[Cr+3]. The number of hydrogen-bond acceptors (Lipinski definition) is 3. The molecule has 7 heteroatoms. The van der Waals surface area contributed by atoms with E-state index in [2.05, 4.69) is 95.2 Å². The van der Waals surface area contributed by atoms with E-state index in [9.17, 15) is 15.6 Å². The molecule has 4 nitrogen and oxygen atoms in total. The summed E-state index contributed by atoms with van der Waals surface area (Å²) in [5.41, 5.74) is 5.41. The molecule has 1 radical (unpaired) electrons. The first-order valence-corrected chi connectivity index (χ1v) is 14.9. The molecule has 0 unspecified atom stereocenters. The average Bonchev–Trinajstić information content (AvgIpc) is 2.81. The van der Waals surface area contributed by atoms with Gasteiger partial charge in [-0.3, -0.25) is 4.99 Å². The molecule has 241 valence electrons. The molecule has 0 bridgehead atoms. The molecule has 1 saturated carbocycles. The first-order valence-electron chi connectivity index (χ1n) is 14.9. The molecule has 2 aromatic carbocycles. The molecule has 0 spiro atoms. The summed E-state index contributed by atoms with van der Waals surface area (Å²) < 4.78 is 0. The molecule has 1 aliphatic carbocycles. The van der Waals surface area contributed by atoms with E-state index in [1.54, 1.807) is 0 Å². The van der Waals surface area contributed by atoms with Gasteiger partial charge in [-0.1, -0.05) is 114 Å². The zero-order valence-electron chi connectivity index (χ0n) is 28.5. The van der Waals surface area contributed by atoms with Crippen LogP contribution in [0.15, 0.2) is 29.3 Å². The quantitative estimate of drug-likeness (QED) is 0.489. The van der Waals surface area contributed by atoms with E-state index in [0.29, 0.717) is 17.4 Å². The molecule has 2 N–H and O–H groups in total. The Labute approximate surface area is 286 Å². The number of halogens is 2. The molecule has 2 aromatic rings. The van der Waals surface area contributed by atoms with Crippen molar-refractivity contribution in [3.8, 4) is 11.5 Å². The molecule has 0 saturated heterocycles. The molecular formula is C36H55Cl2CrN2O2. The van der Waals surface area contributed by atoms with Crippen molar-refractivity contribution in [2.24, 2.45) is 4.99 Å². The number of phenolic OH excluding ortho intramolecular Hbond substituents is 2. The van der Waals surface area contributed by atoms with Gasteiger partial charge >= 0.3 is 17.4 Å². The summed E-state index contributed by atoms with van der Waals surface area (Å²) in [6.07, 6.45) is 9.15. The summed E-state index contributed by atoms with van der Waals surface area (Å²) in [4.78, 5) is 4.78. The van der Waals surface area contributed by atoms with Gasteiger partial charge < -0.3 is 40.4 Å². The zero-order chi connectivity index (χ0) is 30.7. The van der Waals surface area contributed by atoms with Gasteiger partial charge in [-0.15, -0.1) is 0 Å². The van der Waals surface area contributed by atoms with Crippen molar-refractivity contribution in [3.05, 3.63) is 63.1 Å². The first-order chi connectivity index (χ1) is 18.2. The maximum Gasteiger partial charge on any atom is 3.00 e. The number of aromatic hydroxyl groups is 2. The van der Waals surface area contributed by atoms with Crippen LogP contribution in [0.1, 0.15) is 149 Å². The smallest absolute Gasteiger partial charge is 1.00 e. The van der Waals surface area contributed by atoms with Gasteiger partial charge in [0.2, 0.25) is 0 Å². The minimum atomic E-state index is -0.150. The van der Waals surface area contributed by atoms with Crippen molar-refractivity contribution in [3.63, 3.8) is 0 Å². The summed E-state index contributed by atoms with van der Waals surface area (Å²) in [5, 5.41) is 30.1. The molecule has 0 aliphatic heterocycles. The fourth-order valence-corrected chi connectivity index (χ4v) is 4.94. The Morgan fingerprint density at radius 3 is 1.35 bits per heavy atom. The monoisotopic (exact) mass is 669 g/mol. The van der Waals surface area contributed by atoms with Gasteiger partial charge in [0.25, 0.3) is 0 Å². The fourth-order valence-electron chi connectivity index (χ4n) is 4.94. The van der Waals surface area contributed by atoms with Crippen LogP contribution in [0.4, 0.5) is 0 Å². The van der Waals surface area contributed by atoms with Crippen LogP contribution in [0.2, 0.25) is 0 Å². The summed E-state index contributed by atoms with van der Waals surface area (Å²) in [6, 6.07) is 8.57. The number of phenols is 2. The van der Waals surface area contributed by atoms with Crippen molar-refractivity contribution in [2.45, 2.75) is 143 Å². The fraction of sp³-hybridized carbons (Fsp3) is 0.611. The van der Waals surface area contributed by atoms with Crippen molar-refractivity contribution in [1.29, 1.82) is 0 Å². The second kappa shape index (κ2) is 16.7. The Morgan fingerprint density at radius 2 is 1.00 bits per heavy atom. The Morgan fingerprint density at radius 1 is 0.628 bits per heavy atom. The third-order valence-electron chi connectivity index (χ3n) is 7.77. The molecule has 0 heterocycles. The number of nitrogens with zero attached hydrogens (tertiary/aromatic N) is 2. The Bertz CT molecular complexity index is 1210. The predicted molar refractivity (Wildman–Crippen MR) is 174 cm³/mol. The van der Waals surface area contributed by atoms with Gasteiger partial charge in [0.1, 0.15) is 11.5 Å². The Kier molecular flexibility index (Phi) is 16.9.